The number of likely N-dealkylation sites (N-methyl/N-ethyl adjacent to an activating group) is 1. The van der Waals surface area contributed by atoms with E-state index < -0.39 is 11.6 Å². The second kappa shape index (κ2) is 8.22. The van der Waals surface area contributed by atoms with Gasteiger partial charge in [0.05, 0.1) is 6.42 Å². The van der Waals surface area contributed by atoms with Gasteiger partial charge in [0.15, 0.2) is 11.6 Å². The number of carbonyl (C=O) groups excluding carboxylic acids is 1. The molecule has 4 heteroatoms. The summed E-state index contributed by atoms with van der Waals surface area (Å²) in [4.78, 5) is 13.9. The minimum atomic E-state index is -0.947. The average molecular weight is 315 g/mol. The molecule has 0 aliphatic heterocycles. The predicted octanol–water partition coefficient (Wildman–Crippen LogP) is 4.07. The van der Waals surface area contributed by atoms with Crippen molar-refractivity contribution in [2.24, 2.45) is 0 Å². The number of carbonyl (C=O) groups is 1. The maximum Gasteiger partial charge on any atom is 0.227 e. The van der Waals surface area contributed by atoms with Crippen molar-refractivity contribution >= 4 is 12.0 Å². The molecule has 0 fully saturated rings. The van der Waals surface area contributed by atoms with Crippen LogP contribution in [0.5, 0.6) is 0 Å². The highest BCUT2D eigenvalue weighted by Crippen LogP contribution is 2.13. The number of hydrogen-bond donors (Lipinski definition) is 0. The van der Waals surface area contributed by atoms with Crippen LogP contribution in [0.25, 0.3) is 6.08 Å². The van der Waals surface area contributed by atoms with E-state index >= 15 is 0 Å². The quantitative estimate of drug-likeness (QED) is 0.787. The third kappa shape index (κ3) is 4.74. The van der Waals surface area contributed by atoms with Crippen molar-refractivity contribution in [3.05, 3.63) is 77.4 Å². The van der Waals surface area contributed by atoms with Crippen LogP contribution in [0.4, 0.5) is 8.78 Å². The summed E-state index contributed by atoms with van der Waals surface area (Å²) in [5.74, 6) is -2.10. The number of halogens is 2. The number of nitrogens with zero attached hydrogens (tertiary/aromatic N) is 1. The second-order valence-electron chi connectivity index (χ2n) is 5.14. The molecular formula is C19H19F2NO. The van der Waals surface area contributed by atoms with Gasteiger partial charge in [-0.05, 0) is 18.6 Å². The molecule has 0 N–H and O–H groups in total. The van der Waals surface area contributed by atoms with E-state index in [9.17, 15) is 13.6 Å². The van der Waals surface area contributed by atoms with E-state index in [1.54, 1.807) is 4.90 Å². The highest BCUT2D eigenvalue weighted by Gasteiger charge is 2.15. The number of amides is 1. The zero-order chi connectivity index (χ0) is 16.7. The molecule has 0 bridgehead atoms. The van der Waals surface area contributed by atoms with Crippen LogP contribution in [0.1, 0.15) is 18.1 Å². The Balaban J connectivity index is 1.98. The van der Waals surface area contributed by atoms with Crippen molar-refractivity contribution in [3.63, 3.8) is 0 Å². The van der Waals surface area contributed by atoms with Gasteiger partial charge in [-0.2, -0.15) is 0 Å². The standard InChI is InChI=1S/C19H19F2NO/c1-2-22(13-7-10-15-8-4-3-5-9-15)18(23)14-16-11-6-12-17(20)19(16)21/h3-12H,2,13-14H2,1H3/b10-7+. The number of hydrogen-bond acceptors (Lipinski definition) is 1. The van der Waals surface area contributed by atoms with Gasteiger partial charge in [0.25, 0.3) is 0 Å². The SMILES string of the molecule is CCN(C/C=C/c1ccccc1)C(=O)Cc1cccc(F)c1F. The monoisotopic (exact) mass is 315 g/mol. The van der Waals surface area contributed by atoms with Gasteiger partial charge in [-0.1, -0.05) is 54.6 Å². The van der Waals surface area contributed by atoms with E-state index in [1.807, 2.05) is 49.4 Å². The second-order valence-corrected chi connectivity index (χ2v) is 5.14. The molecule has 0 saturated carbocycles. The third-order valence-corrected chi connectivity index (χ3v) is 3.54. The lowest BCUT2D eigenvalue weighted by Crippen LogP contribution is -2.32. The van der Waals surface area contributed by atoms with Crippen molar-refractivity contribution < 1.29 is 13.6 Å². The fourth-order valence-electron chi connectivity index (χ4n) is 2.25. The lowest BCUT2D eigenvalue weighted by atomic mass is 10.1. The van der Waals surface area contributed by atoms with Crippen molar-refractivity contribution in [3.8, 4) is 0 Å². The number of benzene rings is 2. The summed E-state index contributed by atoms with van der Waals surface area (Å²) in [7, 11) is 0. The van der Waals surface area contributed by atoms with Crippen LogP contribution in [0, 0.1) is 11.6 Å². The molecule has 0 atom stereocenters. The van der Waals surface area contributed by atoms with E-state index in [0.717, 1.165) is 11.6 Å². The molecule has 120 valence electrons. The van der Waals surface area contributed by atoms with Crippen LogP contribution in [-0.4, -0.2) is 23.9 Å². The van der Waals surface area contributed by atoms with Gasteiger partial charge >= 0.3 is 0 Å². The van der Waals surface area contributed by atoms with Crippen LogP contribution in [0.2, 0.25) is 0 Å². The summed E-state index contributed by atoms with van der Waals surface area (Å²) in [6.45, 7) is 2.80. The molecule has 0 spiro atoms. The molecule has 0 radical (unpaired) electrons. The molecule has 0 aromatic heterocycles. The molecule has 0 saturated heterocycles. The molecule has 0 heterocycles. The van der Waals surface area contributed by atoms with Gasteiger partial charge in [0.1, 0.15) is 0 Å². The summed E-state index contributed by atoms with van der Waals surface area (Å²) in [5.41, 5.74) is 1.13. The molecule has 0 unspecified atom stereocenters. The van der Waals surface area contributed by atoms with Crippen LogP contribution in [0.15, 0.2) is 54.6 Å². The molecular weight excluding hydrogens is 296 g/mol. The summed E-state index contributed by atoms with van der Waals surface area (Å²) in [6.07, 6.45) is 3.67. The molecule has 0 aliphatic carbocycles. The molecule has 23 heavy (non-hydrogen) atoms. The Morgan fingerprint density at radius 1 is 1.09 bits per heavy atom. The highest BCUT2D eigenvalue weighted by molar-refractivity contribution is 5.79. The van der Waals surface area contributed by atoms with Gasteiger partial charge < -0.3 is 4.90 Å². The smallest absolute Gasteiger partial charge is 0.227 e. The van der Waals surface area contributed by atoms with Crippen LogP contribution >= 0.6 is 0 Å². The summed E-state index contributed by atoms with van der Waals surface area (Å²) >= 11 is 0. The van der Waals surface area contributed by atoms with Crippen molar-refractivity contribution in [2.45, 2.75) is 13.3 Å². The van der Waals surface area contributed by atoms with E-state index in [-0.39, 0.29) is 17.9 Å². The van der Waals surface area contributed by atoms with Crippen LogP contribution < -0.4 is 0 Å². The first-order valence-corrected chi connectivity index (χ1v) is 7.54. The molecule has 2 aromatic carbocycles. The molecule has 0 aliphatic rings. The zero-order valence-electron chi connectivity index (χ0n) is 13.0. The normalized spacial score (nSPS) is 10.9. The maximum absolute atomic E-state index is 13.6. The van der Waals surface area contributed by atoms with Gasteiger partial charge in [0.2, 0.25) is 5.91 Å². The number of rotatable bonds is 6. The fraction of sp³-hybridized carbons (Fsp3) is 0.211. The first kappa shape index (κ1) is 16.9. The average Bonchev–Trinajstić information content (AvgIpc) is 2.56. The van der Waals surface area contributed by atoms with E-state index in [1.165, 1.54) is 12.1 Å². The van der Waals surface area contributed by atoms with Crippen LogP contribution in [-0.2, 0) is 11.2 Å². The Kier molecular flexibility index (Phi) is 6.03. The van der Waals surface area contributed by atoms with Gasteiger partial charge in [-0.15, -0.1) is 0 Å². The van der Waals surface area contributed by atoms with Gasteiger partial charge in [0, 0.05) is 18.7 Å². The lowest BCUT2D eigenvalue weighted by molar-refractivity contribution is -0.129. The fourth-order valence-corrected chi connectivity index (χ4v) is 2.25. The largest absolute Gasteiger partial charge is 0.339 e. The topological polar surface area (TPSA) is 20.3 Å². The molecule has 2 nitrogen and oxygen atoms in total. The third-order valence-electron chi connectivity index (χ3n) is 3.54. The molecule has 2 rings (SSSR count). The first-order chi connectivity index (χ1) is 11.1. The molecule has 1 amide bonds. The lowest BCUT2D eigenvalue weighted by Gasteiger charge is -2.19. The highest BCUT2D eigenvalue weighted by atomic mass is 19.2. The van der Waals surface area contributed by atoms with Crippen LogP contribution in [0.3, 0.4) is 0 Å². The van der Waals surface area contributed by atoms with E-state index in [2.05, 4.69) is 0 Å². The summed E-state index contributed by atoms with van der Waals surface area (Å²) < 4.78 is 26.8. The summed E-state index contributed by atoms with van der Waals surface area (Å²) in [6, 6.07) is 13.6. The molecule has 2 aromatic rings. The Morgan fingerprint density at radius 2 is 1.83 bits per heavy atom. The zero-order valence-corrected chi connectivity index (χ0v) is 13.0. The minimum Gasteiger partial charge on any atom is -0.339 e. The van der Waals surface area contributed by atoms with Crippen molar-refractivity contribution in [1.29, 1.82) is 0 Å². The Bertz CT molecular complexity index is 683. The Hall–Kier alpha value is -2.49. The van der Waals surface area contributed by atoms with Gasteiger partial charge in [-0.3, -0.25) is 4.79 Å². The summed E-state index contributed by atoms with van der Waals surface area (Å²) in [5, 5.41) is 0. The Morgan fingerprint density at radius 3 is 2.52 bits per heavy atom. The van der Waals surface area contributed by atoms with Gasteiger partial charge in [-0.25, -0.2) is 8.78 Å². The first-order valence-electron chi connectivity index (χ1n) is 7.54. The minimum absolute atomic E-state index is 0.0838. The Labute approximate surface area is 135 Å². The van der Waals surface area contributed by atoms with E-state index in [4.69, 9.17) is 0 Å². The van der Waals surface area contributed by atoms with Crippen molar-refractivity contribution in [1.82, 2.24) is 4.90 Å². The van der Waals surface area contributed by atoms with Crippen molar-refractivity contribution in [2.75, 3.05) is 13.1 Å². The predicted molar refractivity (Wildman–Crippen MR) is 87.8 cm³/mol. The maximum atomic E-state index is 13.6. The van der Waals surface area contributed by atoms with E-state index in [0.29, 0.717) is 13.1 Å².